The molecule has 2 rings (SSSR count). The number of morpholine rings is 1. The van der Waals surface area contributed by atoms with Gasteiger partial charge in [0.25, 0.3) is 5.91 Å². The highest BCUT2D eigenvalue weighted by atomic mass is 16.5. The Kier molecular flexibility index (Phi) is 4.63. The number of ether oxygens (including phenoxy) is 1. The number of rotatable bonds is 4. The minimum absolute atomic E-state index is 0.0342. The normalized spacial score (nSPS) is 27.3. The average molecular weight is 266 g/mol. The molecule has 4 heteroatoms. The van der Waals surface area contributed by atoms with Crippen molar-refractivity contribution in [3.8, 4) is 0 Å². The molecule has 1 saturated heterocycles. The van der Waals surface area contributed by atoms with Crippen molar-refractivity contribution in [2.45, 2.75) is 57.7 Å². The number of carbonyl (C=O) groups is 1. The van der Waals surface area contributed by atoms with E-state index in [2.05, 4.69) is 6.08 Å². The van der Waals surface area contributed by atoms with E-state index in [1.165, 1.54) is 31.3 Å². The zero-order valence-corrected chi connectivity index (χ0v) is 12.2. The van der Waals surface area contributed by atoms with Gasteiger partial charge in [0.1, 0.15) is 5.60 Å². The van der Waals surface area contributed by atoms with Crippen LogP contribution >= 0.6 is 0 Å². The Hall–Kier alpha value is -0.870. The third-order valence-electron chi connectivity index (χ3n) is 4.04. The molecule has 1 aliphatic carbocycles. The van der Waals surface area contributed by atoms with E-state index in [4.69, 9.17) is 10.5 Å². The van der Waals surface area contributed by atoms with Crippen molar-refractivity contribution in [3.63, 3.8) is 0 Å². The Bertz CT molecular complexity index is 363. The first-order valence-electron chi connectivity index (χ1n) is 7.38. The Morgan fingerprint density at radius 3 is 2.89 bits per heavy atom. The van der Waals surface area contributed by atoms with Crippen LogP contribution in [0.3, 0.4) is 0 Å². The molecule has 0 spiro atoms. The van der Waals surface area contributed by atoms with Crippen LogP contribution in [0, 0.1) is 0 Å². The molecule has 19 heavy (non-hydrogen) atoms. The minimum atomic E-state index is -0.733. The molecule has 0 radical (unpaired) electrons. The molecule has 0 saturated carbocycles. The monoisotopic (exact) mass is 266 g/mol. The van der Waals surface area contributed by atoms with Gasteiger partial charge in [0.2, 0.25) is 0 Å². The Morgan fingerprint density at radius 2 is 2.26 bits per heavy atom. The number of carbonyl (C=O) groups excluding carboxylic acids is 1. The predicted molar refractivity (Wildman–Crippen MR) is 75.8 cm³/mol. The highest BCUT2D eigenvalue weighted by Crippen LogP contribution is 2.25. The van der Waals surface area contributed by atoms with Gasteiger partial charge in [-0.3, -0.25) is 4.79 Å². The van der Waals surface area contributed by atoms with Crippen LogP contribution in [0.5, 0.6) is 0 Å². The van der Waals surface area contributed by atoms with Crippen LogP contribution in [-0.4, -0.2) is 42.1 Å². The summed E-state index contributed by atoms with van der Waals surface area (Å²) in [6, 6.07) is 0. The lowest BCUT2D eigenvalue weighted by Crippen LogP contribution is -2.58. The van der Waals surface area contributed by atoms with Crippen molar-refractivity contribution >= 4 is 5.91 Å². The van der Waals surface area contributed by atoms with Crippen molar-refractivity contribution in [1.29, 1.82) is 0 Å². The van der Waals surface area contributed by atoms with Gasteiger partial charge in [-0.15, -0.1) is 0 Å². The number of nitrogens with two attached hydrogens (primary N) is 1. The van der Waals surface area contributed by atoms with Crippen LogP contribution in [-0.2, 0) is 9.53 Å². The summed E-state index contributed by atoms with van der Waals surface area (Å²) in [5.41, 5.74) is 6.47. The van der Waals surface area contributed by atoms with Crippen LogP contribution in [0.1, 0.15) is 46.0 Å². The standard InChI is InChI=1S/C15H26N2O2/c1-15(2)14(18)17(11-13(10-16)19-15)9-8-12-6-4-3-5-7-12/h6,13H,3-5,7-11,16H2,1-2H3. The second-order valence-electron chi connectivity index (χ2n) is 6.10. The first-order valence-corrected chi connectivity index (χ1v) is 7.38. The largest absolute Gasteiger partial charge is 0.359 e. The van der Waals surface area contributed by atoms with Crippen molar-refractivity contribution in [2.75, 3.05) is 19.6 Å². The Balaban J connectivity index is 1.93. The fraction of sp³-hybridized carbons (Fsp3) is 0.800. The Morgan fingerprint density at radius 1 is 1.47 bits per heavy atom. The van der Waals surface area contributed by atoms with Crippen molar-refractivity contribution in [1.82, 2.24) is 4.90 Å². The molecule has 2 aliphatic rings. The molecule has 1 amide bonds. The second-order valence-corrected chi connectivity index (χ2v) is 6.10. The number of hydrogen-bond donors (Lipinski definition) is 1. The molecule has 0 bridgehead atoms. The van der Waals surface area contributed by atoms with E-state index in [1.807, 2.05) is 18.7 Å². The summed E-state index contributed by atoms with van der Waals surface area (Å²) in [6.07, 6.45) is 8.31. The van der Waals surface area contributed by atoms with E-state index >= 15 is 0 Å². The zero-order chi connectivity index (χ0) is 13.9. The van der Waals surface area contributed by atoms with Crippen molar-refractivity contribution < 1.29 is 9.53 Å². The summed E-state index contributed by atoms with van der Waals surface area (Å²) in [4.78, 5) is 14.2. The van der Waals surface area contributed by atoms with Gasteiger partial charge in [-0.2, -0.15) is 0 Å². The number of allylic oxidation sites excluding steroid dienone is 1. The molecule has 4 nitrogen and oxygen atoms in total. The highest BCUT2D eigenvalue weighted by molar-refractivity contribution is 5.85. The fourth-order valence-corrected chi connectivity index (χ4v) is 2.94. The van der Waals surface area contributed by atoms with E-state index in [9.17, 15) is 4.79 Å². The quantitative estimate of drug-likeness (QED) is 0.790. The molecule has 0 aromatic heterocycles. The molecule has 0 aromatic carbocycles. The minimum Gasteiger partial charge on any atom is -0.359 e. The maximum Gasteiger partial charge on any atom is 0.254 e. The van der Waals surface area contributed by atoms with Gasteiger partial charge in [0, 0.05) is 19.6 Å². The average Bonchev–Trinajstić information content (AvgIpc) is 2.41. The van der Waals surface area contributed by atoms with Crippen molar-refractivity contribution in [2.24, 2.45) is 5.73 Å². The van der Waals surface area contributed by atoms with Gasteiger partial charge in [0.05, 0.1) is 6.10 Å². The summed E-state index contributed by atoms with van der Waals surface area (Å²) in [6.45, 7) is 5.57. The maximum atomic E-state index is 12.3. The van der Waals surface area contributed by atoms with E-state index in [-0.39, 0.29) is 12.0 Å². The van der Waals surface area contributed by atoms with Gasteiger partial charge in [-0.1, -0.05) is 11.6 Å². The van der Waals surface area contributed by atoms with E-state index < -0.39 is 5.60 Å². The first-order chi connectivity index (χ1) is 9.03. The van der Waals surface area contributed by atoms with Crippen LogP contribution in [0.25, 0.3) is 0 Å². The molecule has 0 aromatic rings. The van der Waals surface area contributed by atoms with E-state index in [0.29, 0.717) is 13.1 Å². The molecule has 1 fully saturated rings. The molecule has 1 heterocycles. The van der Waals surface area contributed by atoms with Gasteiger partial charge in [0.15, 0.2) is 0 Å². The van der Waals surface area contributed by atoms with Crippen LogP contribution in [0.4, 0.5) is 0 Å². The Labute approximate surface area is 116 Å². The lowest BCUT2D eigenvalue weighted by molar-refractivity contribution is -0.177. The van der Waals surface area contributed by atoms with Crippen LogP contribution < -0.4 is 5.73 Å². The summed E-state index contributed by atoms with van der Waals surface area (Å²) in [5.74, 6) is 0.0913. The van der Waals surface area contributed by atoms with Crippen molar-refractivity contribution in [3.05, 3.63) is 11.6 Å². The van der Waals surface area contributed by atoms with Gasteiger partial charge >= 0.3 is 0 Å². The summed E-state index contributed by atoms with van der Waals surface area (Å²) in [5, 5.41) is 0. The summed E-state index contributed by atoms with van der Waals surface area (Å²) in [7, 11) is 0. The molecular formula is C15H26N2O2. The molecule has 1 aliphatic heterocycles. The van der Waals surface area contributed by atoms with E-state index in [0.717, 1.165) is 13.0 Å². The van der Waals surface area contributed by atoms with Gasteiger partial charge < -0.3 is 15.4 Å². The SMILES string of the molecule is CC1(C)OC(CN)CN(CCC2=CCCCC2)C1=O. The molecule has 1 unspecified atom stereocenters. The second kappa shape index (κ2) is 6.06. The van der Waals surface area contributed by atoms with Crippen LogP contribution in [0.2, 0.25) is 0 Å². The topological polar surface area (TPSA) is 55.6 Å². The van der Waals surface area contributed by atoms with E-state index in [1.54, 1.807) is 0 Å². The maximum absolute atomic E-state index is 12.3. The molecule has 108 valence electrons. The number of hydrogen-bond acceptors (Lipinski definition) is 3. The third kappa shape index (κ3) is 3.57. The zero-order valence-electron chi connectivity index (χ0n) is 12.2. The first kappa shape index (κ1) is 14.5. The number of nitrogens with zero attached hydrogens (tertiary/aromatic N) is 1. The van der Waals surface area contributed by atoms with Crippen LogP contribution in [0.15, 0.2) is 11.6 Å². The fourth-order valence-electron chi connectivity index (χ4n) is 2.94. The summed E-state index contributed by atoms with van der Waals surface area (Å²) < 4.78 is 5.73. The lowest BCUT2D eigenvalue weighted by atomic mass is 9.96. The lowest BCUT2D eigenvalue weighted by Gasteiger charge is -2.41. The number of amides is 1. The molecule has 1 atom stereocenters. The predicted octanol–water partition coefficient (Wildman–Crippen LogP) is 1.84. The highest BCUT2D eigenvalue weighted by Gasteiger charge is 2.40. The van der Waals surface area contributed by atoms with Gasteiger partial charge in [-0.05, 0) is 46.0 Å². The summed E-state index contributed by atoms with van der Waals surface area (Å²) >= 11 is 0. The van der Waals surface area contributed by atoms with Gasteiger partial charge in [-0.25, -0.2) is 0 Å². The third-order valence-corrected chi connectivity index (χ3v) is 4.04. The molecular weight excluding hydrogens is 240 g/mol. The smallest absolute Gasteiger partial charge is 0.254 e. The molecule has 2 N–H and O–H groups in total.